The minimum Gasteiger partial charge on any atom is -0.361 e. The summed E-state index contributed by atoms with van der Waals surface area (Å²) in [7, 11) is 0. The third-order valence-electron chi connectivity index (χ3n) is 3.20. The summed E-state index contributed by atoms with van der Waals surface area (Å²) in [6, 6.07) is 13.3. The van der Waals surface area contributed by atoms with Crippen molar-refractivity contribution in [3.63, 3.8) is 0 Å². The number of nitrogens with one attached hydrogen (secondary N) is 2. The Kier molecular flexibility index (Phi) is 3.17. The lowest BCUT2D eigenvalue weighted by Crippen LogP contribution is -2.16. The molecule has 0 radical (unpaired) electrons. The van der Waals surface area contributed by atoms with Gasteiger partial charge in [-0.3, -0.25) is 0 Å². The number of H-pyrrole nitrogens is 1. The number of hydrogen-bond acceptors (Lipinski definition) is 2. The van der Waals surface area contributed by atoms with E-state index in [0.717, 1.165) is 6.54 Å². The van der Waals surface area contributed by atoms with E-state index in [1.54, 1.807) is 11.3 Å². The first kappa shape index (κ1) is 11.5. The van der Waals surface area contributed by atoms with E-state index < -0.39 is 0 Å². The van der Waals surface area contributed by atoms with Crippen molar-refractivity contribution in [3.8, 4) is 0 Å². The van der Waals surface area contributed by atoms with Gasteiger partial charge in [0.2, 0.25) is 0 Å². The predicted molar refractivity (Wildman–Crippen MR) is 77.9 cm³/mol. The minimum atomic E-state index is 0.407. The van der Waals surface area contributed by atoms with Crippen LogP contribution in [0.1, 0.15) is 23.4 Å². The average molecular weight is 256 g/mol. The van der Waals surface area contributed by atoms with Gasteiger partial charge in [0.05, 0.1) is 0 Å². The van der Waals surface area contributed by atoms with Crippen LogP contribution in [0.3, 0.4) is 0 Å². The number of hydrogen-bond donors (Lipinski definition) is 2. The van der Waals surface area contributed by atoms with Gasteiger partial charge in [0.15, 0.2) is 0 Å². The van der Waals surface area contributed by atoms with Crippen LogP contribution in [0, 0.1) is 0 Å². The molecule has 2 nitrogen and oxygen atoms in total. The molecule has 3 rings (SSSR count). The SMILES string of the molecule is C[C@@H](NCc1ccc2cc[nH]c2c1)c1cccs1. The molecule has 0 amide bonds. The molecule has 2 heterocycles. The molecule has 0 fully saturated rings. The maximum Gasteiger partial charge on any atom is 0.0457 e. The maximum atomic E-state index is 3.55. The second-order valence-electron chi connectivity index (χ2n) is 4.52. The molecule has 0 aliphatic rings. The molecule has 3 aromatic rings. The predicted octanol–water partition coefficient (Wildman–Crippen LogP) is 4.08. The van der Waals surface area contributed by atoms with Crippen molar-refractivity contribution in [2.45, 2.75) is 19.5 Å². The summed E-state index contributed by atoms with van der Waals surface area (Å²) >= 11 is 1.80. The summed E-state index contributed by atoms with van der Waals surface area (Å²) in [6.07, 6.45) is 1.98. The third-order valence-corrected chi connectivity index (χ3v) is 4.26. The van der Waals surface area contributed by atoms with Gasteiger partial charge in [0, 0.05) is 29.2 Å². The summed E-state index contributed by atoms with van der Waals surface area (Å²) in [4.78, 5) is 4.63. The van der Waals surface area contributed by atoms with Gasteiger partial charge in [-0.25, -0.2) is 0 Å². The Hall–Kier alpha value is -1.58. The van der Waals surface area contributed by atoms with Crippen LogP contribution in [0.15, 0.2) is 48.0 Å². The minimum absolute atomic E-state index is 0.407. The van der Waals surface area contributed by atoms with Crippen LogP contribution >= 0.6 is 11.3 Å². The van der Waals surface area contributed by atoms with Gasteiger partial charge in [-0.15, -0.1) is 11.3 Å². The van der Waals surface area contributed by atoms with E-state index in [1.165, 1.54) is 21.3 Å². The van der Waals surface area contributed by atoms with Crippen LogP contribution in [0.25, 0.3) is 10.9 Å². The highest BCUT2D eigenvalue weighted by atomic mass is 32.1. The molecular weight excluding hydrogens is 240 g/mol. The van der Waals surface area contributed by atoms with Crippen molar-refractivity contribution in [1.82, 2.24) is 10.3 Å². The lowest BCUT2D eigenvalue weighted by molar-refractivity contribution is 0.583. The summed E-state index contributed by atoms with van der Waals surface area (Å²) in [5, 5.41) is 6.95. The first-order chi connectivity index (χ1) is 8.83. The molecule has 1 atom stereocenters. The van der Waals surface area contributed by atoms with E-state index in [4.69, 9.17) is 0 Å². The molecule has 0 aliphatic heterocycles. The van der Waals surface area contributed by atoms with Crippen molar-refractivity contribution in [2.24, 2.45) is 0 Å². The third kappa shape index (κ3) is 2.33. The van der Waals surface area contributed by atoms with Crippen molar-refractivity contribution in [3.05, 3.63) is 58.4 Å². The first-order valence-electron chi connectivity index (χ1n) is 6.16. The molecule has 3 heteroatoms. The molecule has 18 heavy (non-hydrogen) atoms. The van der Waals surface area contributed by atoms with Crippen LogP contribution in [0.2, 0.25) is 0 Å². The van der Waals surface area contributed by atoms with Gasteiger partial charge >= 0.3 is 0 Å². The number of benzene rings is 1. The average Bonchev–Trinajstić information content (AvgIpc) is 3.05. The number of aromatic nitrogens is 1. The highest BCUT2D eigenvalue weighted by Gasteiger charge is 2.05. The molecule has 2 aromatic heterocycles. The molecule has 0 bridgehead atoms. The fourth-order valence-corrected chi connectivity index (χ4v) is 2.87. The van der Waals surface area contributed by atoms with Crippen LogP contribution in [0.5, 0.6) is 0 Å². The van der Waals surface area contributed by atoms with Crippen LogP contribution in [-0.4, -0.2) is 4.98 Å². The smallest absolute Gasteiger partial charge is 0.0457 e. The Morgan fingerprint density at radius 1 is 1.28 bits per heavy atom. The van der Waals surface area contributed by atoms with Gasteiger partial charge in [-0.2, -0.15) is 0 Å². The summed E-state index contributed by atoms with van der Waals surface area (Å²) in [6.45, 7) is 3.10. The van der Waals surface area contributed by atoms with Crippen LogP contribution in [0.4, 0.5) is 0 Å². The van der Waals surface area contributed by atoms with Crippen LogP contribution < -0.4 is 5.32 Å². The fourth-order valence-electron chi connectivity index (χ4n) is 2.11. The lowest BCUT2D eigenvalue weighted by Gasteiger charge is -2.12. The van der Waals surface area contributed by atoms with Crippen LogP contribution in [-0.2, 0) is 6.54 Å². The van der Waals surface area contributed by atoms with Gasteiger partial charge in [-0.05, 0) is 41.5 Å². The molecular formula is C15H16N2S. The van der Waals surface area contributed by atoms with E-state index in [9.17, 15) is 0 Å². The van der Waals surface area contributed by atoms with Gasteiger partial charge < -0.3 is 10.3 Å². The number of rotatable bonds is 4. The van der Waals surface area contributed by atoms with Gasteiger partial charge in [-0.1, -0.05) is 18.2 Å². The summed E-state index contributed by atoms with van der Waals surface area (Å²) in [5.74, 6) is 0. The van der Waals surface area contributed by atoms with Crippen molar-refractivity contribution < 1.29 is 0 Å². The normalized spacial score (nSPS) is 12.9. The van der Waals surface area contributed by atoms with E-state index in [0.29, 0.717) is 6.04 Å². The quantitative estimate of drug-likeness (QED) is 0.723. The molecule has 0 saturated heterocycles. The van der Waals surface area contributed by atoms with Crippen molar-refractivity contribution in [1.29, 1.82) is 0 Å². The molecule has 0 unspecified atom stereocenters. The Bertz CT molecular complexity index is 625. The van der Waals surface area contributed by atoms with E-state index >= 15 is 0 Å². The second kappa shape index (κ2) is 4.96. The number of aromatic amines is 1. The number of fused-ring (bicyclic) bond motifs is 1. The molecule has 2 N–H and O–H groups in total. The topological polar surface area (TPSA) is 27.8 Å². The zero-order chi connectivity index (χ0) is 12.4. The standard InChI is InChI=1S/C15H16N2S/c1-11(15-3-2-8-18-15)17-10-12-4-5-13-6-7-16-14(13)9-12/h2-9,11,16-17H,10H2,1H3/t11-/m1/s1. The Morgan fingerprint density at radius 2 is 2.22 bits per heavy atom. The zero-order valence-electron chi connectivity index (χ0n) is 10.3. The van der Waals surface area contributed by atoms with Gasteiger partial charge in [0.1, 0.15) is 0 Å². The fraction of sp³-hybridized carbons (Fsp3) is 0.200. The summed E-state index contributed by atoms with van der Waals surface area (Å²) < 4.78 is 0. The Balaban J connectivity index is 1.69. The molecule has 0 spiro atoms. The maximum absolute atomic E-state index is 3.55. The monoisotopic (exact) mass is 256 g/mol. The molecule has 92 valence electrons. The van der Waals surface area contributed by atoms with Crippen molar-refractivity contribution in [2.75, 3.05) is 0 Å². The van der Waals surface area contributed by atoms with E-state index in [-0.39, 0.29) is 0 Å². The van der Waals surface area contributed by atoms with E-state index in [1.807, 2.05) is 6.20 Å². The van der Waals surface area contributed by atoms with Crippen molar-refractivity contribution >= 4 is 22.2 Å². The first-order valence-corrected chi connectivity index (χ1v) is 7.04. The Morgan fingerprint density at radius 3 is 3.06 bits per heavy atom. The Labute approximate surface area is 111 Å². The molecule has 0 aliphatic carbocycles. The summed E-state index contributed by atoms with van der Waals surface area (Å²) in [5.41, 5.74) is 2.52. The largest absolute Gasteiger partial charge is 0.361 e. The lowest BCUT2D eigenvalue weighted by atomic mass is 10.1. The molecule has 1 aromatic carbocycles. The number of thiophene rings is 1. The van der Waals surface area contributed by atoms with Gasteiger partial charge in [0.25, 0.3) is 0 Å². The second-order valence-corrected chi connectivity index (χ2v) is 5.50. The molecule has 0 saturated carbocycles. The highest BCUT2D eigenvalue weighted by Crippen LogP contribution is 2.19. The van der Waals surface area contributed by atoms with E-state index in [2.05, 4.69) is 59.0 Å². The zero-order valence-corrected chi connectivity index (χ0v) is 11.1. The highest BCUT2D eigenvalue weighted by molar-refractivity contribution is 7.10.